The van der Waals surface area contributed by atoms with Gasteiger partial charge in [-0.1, -0.05) is 35.3 Å². The van der Waals surface area contributed by atoms with Gasteiger partial charge in [0, 0.05) is 10.9 Å². The van der Waals surface area contributed by atoms with Crippen molar-refractivity contribution in [2.24, 2.45) is 0 Å². The second-order valence-corrected chi connectivity index (χ2v) is 3.99. The number of halogens is 2. The quantitative estimate of drug-likeness (QED) is 0.561. The Balaban J connectivity index is 2.72. The number of hydrogen-bond donors (Lipinski definition) is 0. The molecule has 0 saturated carbocycles. The number of aromatic nitrogens is 1. The second kappa shape index (κ2) is 3.80. The van der Waals surface area contributed by atoms with Crippen molar-refractivity contribution in [1.82, 2.24) is 4.98 Å². The minimum Gasteiger partial charge on any atom is -0.295 e. The van der Waals surface area contributed by atoms with Gasteiger partial charge in [0.1, 0.15) is 5.15 Å². The van der Waals surface area contributed by atoms with Crippen molar-refractivity contribution < 1.29 is 4.79 Å². The number of ketones is 1. The minimum absolute atomic E-state index is 0.00442. The smallest absolute Gasteiger partial charge is 0.159 e. The highest BCUT2D eigenvalue weighted by atomic mass is 35.5. The Morgan fingerprint density at radius 3 is 2.67 bits per heavy atom. The molecule has 1 aromatic carbocycles. The second-order valence-electron chi connectivity index (χ2n) is 3.22. The molecule has 0 N–H and O–H groups in total. The highest BCUT2D eigenvalue weighted by molar-refractivity contribution is 6.41. The Kier molecular flexibility index (Phi) is 2.63. The standard InChI is InChI=1S/C11H7Cl2NO/c1-6(15)7-2-3-8-4-9(12)11(13)14-10(8)5-7/h2-5H,1H3. The third-order valence-electron chi connectivity index (χ3n) is 2.13. The highest BCUT2D eigenvalue weighted by Crippen LogP contribution is 2.25. The molecule has 0 amide bonds. The minimum atomic E-state index is 0.00442. The van der Waals surface area contributed by atoms with E-state index in [0.717, 1.165) is 5.39 Å². The fourth-order valence-corrected chi connectivity index (χ4v) is 1.64. The van der Waals surface area contributed by atoms with E-state index in [1.54, 1.807) is 24.3 Å². The molecule has 76 valence electrons. The predicted molar refractivity (Wildman–Crippen MR) is 61.8 cm³/mol. The van der Waals surface area contributed by atoms with E-state index < -0.39 is 0 Å². The van der Waals surface area contributed by atoms with Crippen LogP contribution in [0.3, 0.4) is 0 Å². The molecule has 0 fully saturated rings. The molecular weight excluding hydrogens is 233 g/mol. The van der Waals surface area contributed by atoms with Gasteiger partial charge in [-0.25, -0.2) is 4.98 Å². The largest absolute Gasteiger partial charge is 0.295 e. The first-order valence-corrected chi connectivity index (χ1v) is 5.10. The summed E-state index contributed by atoms with van der Waals surface area (Å²) in [5, 5.41) is 1.54. The maximum Gasteiger partial charge on any atom is 0.159 e. The third kappa shape index (κ3) is 1.96. The molecule has 0 unspecified atom stereocenters. The van der Waals surface area contributed by atoms with Crippen LogP contribution in [0.1, 0.15) is 17.3 Å². The van der Waals surface area contributed by atoms with Crippen LogP contribution in [0, 0.1) is 0 Å². The van der Waals surface area contributed by atoms with Crippen LogP contribution in [0.15, 0.2) is 24.3 Å². The van der Waals surface area contributed by atoms with Crippen LogP contribution in [0.4, 0.5) is 0 Å². The molecule has 0 radical (unpaired) electrons. The Hall–Kier alpha value is -1.12. The van der Waals surface area contributed by atoms with Crippen LogP contribution in [0.2, 0.25) is 10.2 Å². The van der Waals surface area contributed by atoms with Crippen molar-refractivity contribution in [2.75, 3.05) is 0 Å². The van der Waals surface area contributed by atoms with Gasteiger partial charge >= 0.3 is 0 Å². The van der Waals surface area contributed by atoms with Gasteiger partial charge in [-0.05, 0) is 19.1 Å². The summed E-state index contributed by atoms with van der Waals surface area (Å²) in [5.74, 6) is 0.00442. The summed E-state index contributed by atoms with van der Waals surface area (Å²) in [5.41, 5.74) is 1.30. The summed E-state index contributed by atoms with van der Waals surface area (Å²) in [7, 11) is 0. The van der Waals surface area contributed by atoms with Gasteiger partial charge < -0.3 is 0 Å². The molecule has 0 spiro atoms. The fraction of sp³-hybridized carbons (Fsp3) is 0.0909. The fourth-order valence-electron chi connectivity index (χ4n) is 1.34. The molecule has 0 aliphatic heterocycles. The summed E-state index contributed by atoms with van der Waals surface area (Å²) in [4.78, 5) is 15.3. The van der Waals surface area contributed by atoms with E-state index in [-0.39, 0.29) is 10.9 Å². The number of rotatable bonds is 1. The van der Waals surface area contributed by atoms with Crippen molar-refractivity contribution in [3.63, 3.8) is 0 Å². The zero-order valence-electron chi connectivity index (χ0n) is 7.92. The molecule has 4 heteroatoms. The number of fused-ring (bicyclic) bond motifs is 1. The SMILES string of the molecule is CC(=O)c1ccc2cc(Cl)c(Cl)nc2c1. The summed E-state index contributed by atoms with van der Waals surface area (Å²) in [6.07, 6.45) is 0. The zero-order valence-corrected chi connectivity index (χ0v) is 9.43. The molecule has 15 heavy (non-hydrogen) atoms. The van der Waals surface area contributed by atoms with Gasteiger partial charge in [-0.3, -0.25) is 4.79 Å². The predicted octanol–water partition coefficient (Wildman–Crippen LogP) is 3.74. The van der Waals surface area contributed by atoms with E-state index in [1.807, 2.05) is 0 Å². The molecule has 0 bridgehead atoms. The molecular formula is C11H7Cl2NO. The van der Waals surface area contributed by atoms with Crippen LogP contribution >= 0.6 is 23.2 Å². The van der Waals surface area contributed by atoms with Crippen molar-refractivity contribution in [1.29, 1.82) is 0 Å². The topological polar surface area (TPSA) is 30.0 Å². The van der Waals surface area contributed by atoms with Crippen LogP contribution in [-0.2, 0) is 0 Å². The molecule has 0 aliphatic rings. The van der Waals surface area contributed by atoms with Crippen LogP contribution < -0.4 is 0 Å². The Morgan fingerprint density at radius 1 is 1.27 bits per heavy atom. The lowest BCUT2D eigenvalue weighted by Gasteiger charge is -2.01. The lowest BCUT2D eigenvalue weighted by atomic mass is 10.1. The van der Waals surface area contributed by atoms with Gasteiger partial charge in [-0.15, -0.1) is 0 Å². The van der Waals surface area contributed by atoms with E-state index in [4.69, 9.17) is 23.2 Å². The van der Waals surface area contributed by atoms with Gasteiger partial charge in [0.2, 0.25) is 0 Å². The molecule has 1 aromatic heterocycles. The number of pyridine rings is 1. The number of nitrogens with zero attached hydrogens (tertiary/aromatic N) is 1. The average molecular weight is 240 g/mol. The van der Waals surface area contributed by atoms with E-state index in [9.17, 15) is 4.79 Å². The maximum absolute atomic E-state index is 11.2. The first-order chi connectivity index (χ1) is 7.08. The van der Waals surface area contributed by atoms with Crippen molar-refractivity contribution in [3.8, 4) is 0 Å². The molecule has 2 nitrogen and oxygen atoms in total. The number of hydrogen-bond acceptors (Lipinski definition) is 2. The number of Topliss-reactive ketones (excluding diaryl/α,β-unsaturated/α-hetero) is 1. The normalized spacial score (nSPS) is 10.6. The number of carbonyl (C=O) groups is 1. The first kappa shape index (κ1) is 10.4. The molecule has 0 aliphatic carbocycles. The molecule has 2 rings (SSSR count). The number of benzene rings is 1. The van der Waals surface area contributed by atoms with Crippen molar-refractivity contribution in [3.05, 3.63) is 40.0 Å². The molecule has 0 saturated heterocycles. The van der Waals surface area contributed by atoms with Gasteiger partial charge in [0.05, 0.1) is 10.5 Å². The van der Waals surface area contributed by atoms with E-state index in [0.29, 0.717) is 16.1 Å². The Bertz CT molecular complexity index is 552. The third-order valence-corrected chi connectivity index (χ3v) is 2.81. The highest BCUT2D eigenvalue weighted by Gasteiger charge is 2.05. The van der Waals surface area contributed by atoms with Crippen LogP contribution in [0.25, 0.3) is 10.9 Å². The lowest BCUT2D eigenvalue weighted by Crippen LogP contribution is -1.92. The van der Waals surface area contributed by atoms with Gasteiger partial charge in [0.25, 0.3) is 0 Å². The zero-order chi connectivity index (χ0) is 11.0. The number of carbonyl (C=O) groups excluding carboxylic acids is 1. The maximum atomic E-state index is 11.2. The van der Waals surface area contributed by atoms with Gasteiger partial charge in [0.15, 0.2) is 5.78 Å². The lowest BCUT2D eigenvalue weighted by molar-refractivity contribution is 0.101. The molecule has 0 atom stereocenters. The summed E-state index contributed by atoms with van der Waals surface area (Å²) in [6, 6.07) is 6.99. The van der Waals surface area contributed by atoms with Crippen molar-refractivity contribution >= 4 is 39.9 Å². The van der Waals surface area contributed by atoms with E-state index in [2.05, 4.69) is 4.98 Å². The van der Waals surface area contributed by atoms with Crippen LogP contribution in [0.5, 0.6) is 0 Å². The summed E-state index contributed by atoms with van der Waals surface area (Å²) >= 11 is 11.6. The van der Waals surface area contributed by atoms with E-state index >= 15 is 0 Å². The molecule has 1 heterocycles. The van der Waals surface area contributed by atoms with Crippen LogP contribution in [-0.4, -0.2) is 10.8 Å². The summed E-state index contributed by atoms with van der Waals surface area (Å²) < 4.78 is 0. The Labute approximate surface area is 96.8 Å². The molecule has 2 aromatic rings. The summed E-state index contributed by atoms with van der Waals surface area (Å²) in [6.45, 7) is 1.51. The monoisotopic (exact) mass is 239 g/mol. The Morgan fingerprint density at radius 2 is 2.00 bits per heavy atom. The average Bonchev–Trinajstić information content (AvgIpc) is 2.19. The van der Waals surface area contributed by atoms with E-state index in [1.165, 1.54) is 6.92 Å². The van der Waals surface area contributed by atoms with Gasteiger partial charge in [-0.2, -0.15) is 0 Å². The first-order valence-electron chi connectivity index (χ1n) is 4.34. The van der Waals surface area contributed by atoms with Crippen molar-refractivity contribution in [2.45, 2.75) is 6.92 Å².